The zero-order valence-electron chi connectivity index (χ0n) is 13.3. The van der Waals surface area contributed by atoms with Crippen LogP contribution in [-0.4, -0.2) is 18.5 Å². The summed E-state index contributed by atoms with van der Waals surface area (Å²) >= 11 is 0. The first kappa shape index (κ1) is 17.3. The van der Waals surface area contributed by atoms with Gasteiger partial charge in [0.2, 0.25) is 0 Å². The minimum absolute atomic E-state index is 0.300. The highest BCUT2D eigenvalue weighted by Crippen LogP contribution is 2.13. The number of amides is 1. The number of ether oxygens (including phenoxy) is 1. The maximum Gasteiger partial charge on any atom is 0.255 e. The molecule has 0 aliphatic carbocycles. The fourth-order valence-corrected chi connectivity index (χ4v) is 1.89. The van der Waals surface area contributed by atoms with Crippen molar-refractivity contribution in [3.63, 3.8) is 0 Å². The lowest BCUT2D eigenvalue weighted by molar-refractivity contribution is -0.299. The maximum absolute atomic E-state index is 12.1. The minimum atomic E-state index is -1.50. The quantitative estimate of drug-likeness (QED) is 0.591. The molecule has 0 atom stereocenters. The number of hydrogen-bond acceptors (Lipinski definition) is 5. The second-order valence-electron chi connectivity index (χ2n) is 5.04. The van der Waals surface area contributed by atoms with Gasteiger partial charge in [-0.05, 0) is 42.8 Å². The van der Waals surface area contributed by atoms with Crippen molar-refractivity contribution in [3.8, 4) is 5.75 Å². The van der Waals surface area contributed by atoms with Gasteiger partial charge in [0.1, 0.15) is 11.5 Å². The van der Waals surface area contributed by atoms with Gasteiger partial charge >= 0.3 is 0 Å². The summed E-state index contributed by atoms with van der Waals surface area (Å²) in [7, 11) is 0. The van der Waals surface area contributed by atoms with Gasteiger partial charge in [-0.25, -0.2) is 0 Å². The van der Waals surface area contributed by atoms with Crippen LogP contribution < -0.4 is 15.2 Å². The Kier molecular flexibility index (Phi) is 6.19. The number of unbranched alkanes of at least 4 members (excludes halogenated alkanes) is 1. The van der Waals surface area contributed by atoms with E-state index < -0.39 is 11.9 Å². The zero-order chi connectivity index (χ0) is 17.4. The highest BCUT2D eigenvalue weighted by molar-refractivity contribution is 6.02. The fourth-order valence-electron chi connectivity index (χ4n) is 1.89. The van der Waals surface area contributed by atoms with E-state index in [4.69, 9.17) is 9.15 Å². The predicted octanol–water partition coefficient (Wildman–Crippen LogP) is 1.98. The van der Waals surface area contributed by atoms with Gasteiger partial charge in [-0.1, -0.05) is 13.3 Å². The van der Waals surface area contributed by atoms with Crippen LogP contribution >= 0.6 is 0 Å². The molecule has 6 nitrogen and oxygen atoms in total. The number of furan rings is 1. The van der Waals surface area contributed by atoms with Crippen molar-refractivity contribution in [1.29, 1.82) is 0 Å². The summed E-state index contributed by atoms with van der Waals surface area (Å²) in [6, 6.07) is 9.64. The predicted molar refractivity (Wildman–Crippen MR) is 86.0 cm³/mol. The Balaban J connectivity index is 2.03. The van der Waals surface area contributed by atoms with Crippen molar-refractivity contribution < 1.29 is 23.8 Å². The first-order valence-corrected chi connectivity index (χ1v) is 7.61. The summed E-state index contributed by atoms with van der Waals surface area (Å²) in [5.74, 6) is -1.10. The van der Waals surface area contributed by atoms with E-state index in [1.165, 1.54) is 12.3 Å². The number of aliphatic carboxylic acids is 1. The third-order valence-corrected chi connectivity index (χ3v) is 3.18. The average Bonchev–Trinajstić information content (AvgIpc) is 3.08. The molecule has 1 aromatic heterocycles. The highest BCUT2D eigenvalue weighted by atomic mass is 16.5. The molecule has 0 saturated heterocycles. The van der Waals surface area contributed by atoms with Gasteiger partial charge in [-0.15, -0.1) is 0 Å². The van der Waals surface area contributed by atoms with E-state index in [1.807, 2.05) is 0 Å². The standard InChI is InChI=1S/C18H19NO5/c1-2-3-10-23-14-8-6-13(7-9-14)17(20)19-16(18(21)22)12-15-5-4-11-24-15/h4-9,11-12H,2-3,10H2,1H3,(H,19,20)(H,21,22)/p-1/b16-12+. The van der Waals surface area contributed by atoms with Crippen LogP contribution in [0.15, 0.2) is 52.8 Å². The van der Waals surface area contributed by atoms with Gasteiger partial charge in [-0.2, -0.15) is 0 Å². The van der Waals surface area contributed by atoms with Crippen molar-refractivity contribution in [2.75, 3.05) is 6.61 Å². The zero-order valence-corrected chi connectivity index (χ0v) is 13.3. The van der Waals surface area contributed by atoms with Gasteiger partial charge in [-0.3, -0.25) is 4.79 Å². The molecule has 1 heterocycles. The molecular weight excluding hydrogens is 310 g/mol. The van der Waals surface area contributed by atoms with Gasteiger partial charge in [0.05, 0.1) is 24.5 Å². The Morgan fingerprint density at radius 3 is 2.58 bits per heavy atom. The summed E-state index contributed by atoms with van der Waals surface area (Å²) in [5.41, 5.74) is -0.0670. The highest BCUT2D eigenvalue weighted by Gasteiger charge is 2.09. The van der Waals surface area contributed by atoms with Crippen LogP contribution in [0.2, 0.25) is 0 Å². The van der Waals surface area contributed by atoms with E-state index >= 15 is 0 Å². The van der Waals surface area contributed by atoms with E-state index in [0.29, 0.717) is 23.7 Å². The van der Waals surface area contributed by atoms with Crippen molar-refractivity contribution in [2.45, 2.75) is 19.8 Å². The van der Waals surface area contributed by atoms with Gasteiger partial charge in [0, 0.05) is 11.6 Å². The molecule has 1 amide bonds. The number of carbonyl (C=O) groups excluding carboxylic acids is 2. The maximum atomic E-state index is 12.1. The fraction of sp³-hybridized carbons (Fsp3) is 0.222. The Labute approximate surface area is 139 Å². The van der Waals surface area contributed by atoms with Gasteiger partial charge < -0.3 is 24.4 Å². The summed E-state index contributed by atoms with van der Waals surface area (Å²) in [4.78, 5) is 23.3. The molecule has 2 aromatic rings. The second-order valence-corrected chi connectivity index (χ2v) is 5.04. The largest absolute Gasteiger partial charge is 0.543 e. The normalized spacial score (nSPS) is 11.1. The molecule has 0 unspecified atom stereocenters. The molecule has 0 aliphatic heterocycles. The SMILES string of the molecule is CCCCOc1ccc(C(=O)N/C(=C/c2ccco2)C(=O)[O-])cc1. The van der Waals surface area contributed by atoms with Crippen LogP contribution in [0.25, 0.3) is 6.08 Å². The number of nitrogens with one attached hydrogen (secondary N) is 1. The molecule has 1 N–H and O–H groups in total. The number of rotatable bonds is 8. The summed E-state index contributed by atoms with van der Waals surface area (Å²) in [6.45, 7) is 2.69. The molecule has 24 heavy (non-hydrogen) atoms. The van der Waals surface area contributed by atoms with E-state index in [0.717, 1.165) is 12.8 Å². The molecular formula is C18H18NO5-. The second kappa shape index (κ2) is 8.57. The monoisotopic (exact) mass is 328 g/mol. The number of carboxylic acids is 1. The summed E-state index contributed by atoms with van der Waals surface area (Å²) in [5, 5.41) is 13.4. The molecule has 0 radical (unpaired) electrons. The van der Waals surface area contributed by atoms with Crippen molar-refractivity contribution in [3.05, 3.63) is 59.7 Å². The Bertz CT molecular complexity index is 702. The summed E-state index contributed by atoms with van der Waals surface area (Å²) in [6.07, 6.45) is 4.58. The molecule has 6 heteroatoms. The molecule has 2 rings (SSSR count). The van der Waals surface area contributed by atoms with Crippen LogP contribution in [0.5, 0.6) is 5.75 Å². The third-order valence-electron chi connectivity index (χ3n) is 3.18. The number of hydrogen-bond donors (Lipinski definition) is 1. The smallest absolute Gasteiger partial charge is 0.255 e. The number of carboxylic acid groups (broad SMARTS) is 1. The molecule has 1 aromatic carbocycles. The Morgan fingerprint density at radius 2 is 2.00 bits per heavy atom. The Morgan fingerprint density at radius 1 is 1.25 bits per heavy atom. The first-order valence-electron chi connectivity index (χ1n) is 7.61. The number of carbonyl (C=O) groups is 2. The molecule has 0 fully saturated rings. The molecule has 126 valence electrons. The van der Waals surface area contributed by atoms with Crippen LogP contribution in [0.3, 0.4) is 0 Å². The van der Waals surface area contributed by atoms with E-state index in [2.05, 4.69) is 12.2 Å². The van der Waals surface area contributed by atoms with Gasteiger partial charge in [0.15, 0.2) is 0 Å². The lowest BCUT2D eigenvalue weighted by Crippen LogP contribution is -2.35. The minimum Gasteiger partial charge on any atom is -0.543 e. The van der Waals surface area contributed by atoms with Crippen LogP contribution in [0.4, 0.5) is 0 Å². The van der Waals surface area contributed by atoms with Crippen molar-refractivity contribution >= 4 is 18.0 Å². The van der Waals surface area contributed by atoms with Gasteiger partial charge in [0.25, 0.3) is 5.91 Å². The van der Waals surface area contributed by atoms with Crippen molar-refractivity contribution in [2.24, 2.45) is 0 Å². The van der Waals surface area contributed by atoms with E-state index in [9.17, 15) is 14.7 Å². The average molecular weight is 328 g/mol. The summed E-state index contributed by atoms with van der Waals surface area (Å²) < 4.78 is 10.5. The lowest BCUT2D eigenvalue weighted by Gasteiger charge is -2.11. The third kappa shape index (κ3) is 5.01. The lowest BCUT2D eigenvalue weighted by atomic mass is 10.2. The van der Waals surface area contributed by atoms with Crippen LogP contribution in [0.1, 0.15) is 35.9 Å². The molecule has 0 bridgehead atoms. The number of benzene rings is 1. The molecule has 0 saturated carbocycles. The first-order chi connectivity index (χ1) is 11.6. The van der Waals surface area contributed by atoms with Crippen molar-refractivity contribution in [1.82, 2.24) is 5.32 Å². The molecule has 0 spiro atoms. The topological polar surface area (TPSA) is 91.6 Å². The Hall–Kier alpha value is -3.02. The van der Waals surface area contributed by atoms with Crippen LogP contribution in [-0.2, 0) is 4.79 Å². The van der Waals surface area contributed by atoms with E-state index in [-0.39, 0.29) is 5.70 Å². The van der Waals surface area contributed by atoms with Crippen LogP contribution in [0, 0.1) is 0 Å². The molecule has 0 aliphatic rings. The van der Waals surface area contributed by atoms with E-state index in [1.54, 1.807) is 36.4 Å².